The van der Waals surface area contributed by atoms with Crippen molar-refractivity contribution >= 4 is 34.9 Å². The Kier molecular flexibility index (Phi) is 9.52. The number of amides is 1. The van der Waals surface area contributed by atoms with Gasteiger partial charge in [-0.15, -0.1) is 0 Å². The Labute approximate surface area is 234 Å². The number of anilines is 1. The zero-order chi connectivity index (χ0) is 27.2. The van der Waals surface area contributed by atoms with E-state index in [9.17, 15) is 4.79 Å². The van der Waals surface area contributed by atoms with E-state index in [4.69, 9.17) is 39.4 Å². The molecule has 1 unspecified atom stereocenters. The van der Waals surface area contributed by atoms with Gasteiger partial charge in [-0.25, -0.2) is 4.98 Å². The maximum absolute atomic E-state index is 12.5. The number of aromatic nitrogens is 3. The second-order valence-corrected chi connectivity index (χ2v) is 10.7. The minimum Gasteiger partial charge on any atom is -0.482 e. The second-order valence-electron chi connectivity index (χ2n) is 9.88. The van der Waals surface area contributed by atoms with Crippen molar-refractivity contribution in [1.29, 1.82) is 0 Å². The van der Waals surface area contributed by atoms with Crippen LogP contribution in [-0.4, -0.2) is 45.2 Å². The van der Waals surface area contributed by atoms with Crippen molar-refractivity contribution in [3.63, 3.8) is 0 Å². The fourth-order valence-electron chi connectivity index (χ4n) is 4.83. The summed E-state index contributed by atoms with van der Waals surface area (Å²) in [7, 11) is 0. The first-order valence-electron chi connectivity index (χ1n) is 13.2. The number of unbranched alkanes of at least 4 members (excludes halogenated alkanes) is 2. The molecule has 38 heavy (non-hydrogen) atoms. The molecule has 1 aliphatic heterocycles. The minimum atomic E-state index is -0.425. The Hall–Kier alpha value is -2.81. The summed E-state index contributed by atoms with van der Waals surface area (Å²) in [5.74, 6) is 0.979. The molecule has 1 amide bonds. The minimum absolute atomic E-state index is 0.240. The number of benzene rings is 1. The molecule has 1 saturated heterocycles. The standard InChI is InChI=1S/C28H36Cl2N6O2/c1-18-7-8-23(29)26(27(18)30)19(2)38-24-14-20(15-33-28(24)32)21-16-34-36(17-21)22-9-12-35(13-10-22)25(37)6-4-3-5-11-31/h7-8,14-17,19,22H,3-6,9-13,31H2,1-2H3,(H2,32,33). The van der Waals surface area contributed by atoms with E-state index in [2.05, 4.69) is 10.1 Å². The Bertz CT molecular complexity index is 1260. The molecule has 0 radical (unpaired) electrons. The van der Waals surface area contributed by atoms with Crippen LogP contribution in [-0.2, 0) is 4.79 Å². The van der Waals surface area contributed by atoms with E-state index in [0.29, 0.717) is 34.3 Å². The number of nitrogens with zero attached hydrogens (tertiary/aromatic N) is 4. The number of nitrogens with two attached hydrogens (primary N) is 2. The Balaban J connectivity index is 1.40. The molecule has 0 aliphatic carbocycles. The number of likely N-dealkylation sites (tertiary alicyclic amines) is 1. The molecule has 4 N–H and O–H groups in total. The van der Waals surface area contributed by atoms with Crippen molar-refractivity contribution in [1.82, 2.24) is 19.7 Å². The molecule has 204 valence electrons. The molecular weight excluding hydrogens is 523 g/mol. The molecule has 4 rings (SSSR count). The number of rotatable bonds is 10. The topological polar surface area (TPSA) is 112 Å². The maximum atomic E-state index is 12.5. The van der Waals surface area contributed by atoms with Gasteiger partial charge in [-0.1, -0.05) is 35.7 Å². The molecule has 1 fully saturated rings. The van der Waals surface area contributed by atoms with Gasteiger partial charge in [-0.3, -0.25) is 9.48 Å². The summed E-state index contributed by atoms with van der Waals surface area (Å²) in [5, 5.41) is 5.73. The lowest BCUT2D eigenvalue weighted by molar-refractivity contribution is -0.132. The number of nitrogen functional groups attached to an aromatic ring is 1. The van der Waals surface area contributed by atoms with E-state index >= 15 is 0 Å². The quantitative estimate of drug-likeness (QED) is 0.296. The van der Waals surface area contributed by atoms with E-state index in [1.807, 2.05) is 54.0 Å². The molecule has 0 spiro atoms. The summed E-state index contributed by atoms with van der Waals surface area (Å²) < 4.78 is 8.17. The fraction of sp³-hybridized carbons (Fsp3) is 0.464. The molecule has 10 heteroatoms. The van der Waals surface area contributed by atoms with Crippen LogP contribution in [0, 0.1) is 6.92 Å². The van der Waals surface area contributed by atoms with Gasteiger partial charge in [0.1, 0.15) is 6.10 Å². The number of pyridine rings is 1. The average molecular weight is 560 g/mol. The number of hydrogen-bond acceptors (Lipinski definition) is 6. The van der Waals surface area contributed by atoms with Crippen molar-refractivity contribution in [2.45, 2.75) is 64.5 Å². The van der Waals surface area contributed by atoms with E-state index in [-0.39, 0.29) is 17.8 Å². The van der Waals surface area contributed by atoms with Crippen LogP contribution < -0.4 is 16.2 Å². The third-order valence-corrected chi connectivity index (χ3v) is 7.96. The Morgan fingerprint density at radius 3 is 2.66 bits per heavy atom. The van der Waals surface area contributed by atoms with Crippen LogP contribution >= 0.6 is 23.2 Å². The molecule has 0 saturated carbocycles. The van der Waals surface area contributed by atoms with Gasteiger partial charge in [0.25, 0.3) is 0 Å². The van der Waals surface area contributed by atoms with Crippen molar-refractivity contribution in [3.05, 3.63) is 58.0 Å². The SMILES string of the molecule is Cc1ccc(Cl)c(C(C)Oc2cc(-c3cnn(C4CCN(C(=O)CCCCCN)CC4)c3)cnc2N)c1Cl. The summed E-state index contributed by atoms with van der Waals surface area (Å²) in [5.41, 5.74) is 15.1. The Morgan fingerprint density at radius 2 is 1.92 bits per heavy atom. The van der Waals surface area contributed by atoms with Crippen molar-refractivity contribution in [2.75, 3.05) is 25.4 Å². The monoisotopic (exact) mass is 558 g/mol. The molecule has 8 nitrogen and oxygen atoms in total. The predicted molar refractivity (Wildman–Crippen MR) is 152 cm³/mol. The van der Waals surface area contributed by atoms with E-state index in [1.165, 1.54) is 0 Å². The number of ether oxygens (including phenoxy) is 1. The highest BCUT2D eigenvalue weighted by atomic mass is 35.5. The molecule has 1 atom stereocenters. The highest BCUT2D eigenvalue weighted by molar-refractivity contribution is 6.36. The van der Waals surface area contributed by atoms with Crippen molar-refractivity contribution in [3.8, 4) is 16.9 Å². The van der Waals surface area contributed by atoms with Gasteiger partial charge >= 0.3 is 0 Å². The molecule has 3 heterocycles. The number of aryl methyl sites for hydroxylation is 1. The zero-order valence-corrected chi connectivity index (χ0v) is 23.5. The number of halogens is 2. The molecule has 1 aliphatic rings. The lowest BCUT2D eigenvalue weighted by Crippen LogP contribution is -2.39. The largest absolute Gasteiger partial charge is 0.482 e. The van der Waals surface area contributed by atoms with Gasteiger partial charge in [0.2, 0.25) is 5.91 Å². The highest BCUT2D eigenvalue weighted by Crippen LogP contribution is 2.37. The normalized spacial score (nSPS) is 15.0. The van der Waals surface area contributed by atoms with Crippen LogP contribution in [0.3, 0.4) is 0 Å². The van der Waals surface area contributed by atoms with Gasteiger partial charge in [-0.05, 0) is 63.8 Å². The van der Waals surface area contributed by atoms with Gasteiger partial charge < -0.3 is 21.1 Å². The fourth-order valence-corrected chi connectivity index (χ4v) is 5.51. The molecule has 1 aromatic carbocycles. The molecule has 3 aromatic rings. The molecule has 0 bridgehead atoms. The highest BCUT2D eigenvalue weighted by Gasteiger charge is 2.24. The van der Waals surface area contributed by atoms with Crippen LogP contribution in [0.15, 0.2) is 36.8 Å². The average Bonchev–Trinajstić information content (AvgIpc) is 3.41. The first-order valence-corrected chi connectivity index (χ1v) is 13.9. The first-order chi connectivity index (χ1) is 18.3. The molecule has 2 aromatic heterocycles. The number of carbonyl (C=O) groups excluding carboxylic acids is 1. The smallest absolute Gasteiger partial charge is 0.222 e. The Morgan fingerprint density at radius 1 is 1.16 bits per heavy atom. The van der Waals surface area contributed by atoms with Crippen LogP contribution in [0.4, 0.5) is 5.82 Å². The summed E-state index contributed by atoms with van der Waals surface area (Å²) in [6.45, 7) is 5.99. The van der Waals surface area contributed by atoms with Gasteiger partial charge in [0.05, 0.1) is 17.3 Å². The summed E-state index contributed by atoms with van der Waals surface area (Å²) in [4.78, 5) is 18.8. The lowest BCUT2D eigenvalue weighted by Gasteiger charge is -2.32. The zero-order valence-electron chi connectivity index (χ0n) is 22.0. The number of hydrogen-bond donors (Lipinski definition) is 2. The van der Waals surface area contributed by atoms with Crippen LogP contribution in [0.5, 0.6) is 5.75 Å². The van der Waals surface area contributed by atoms with E-state index in [1.54, 1.807) is 6.20 Å². The molecular formula is C28H36Cl2N6O2. The predicted octanol–water partition coefficient (Wildman–Crippen LogP) is 5.97. The van der Waals surface area contributed by atoms with Crippen molar-refractivity contribution in [2.24, 2.45) is 5.73 Å². The van der Waals surface area contributed by atoms with E-state index in [0.717, 1.165) is 61.9 Å². The van der Waals surface area contributed by atoms with Crippen LogP contribution in [0.25, 0.3) is 11.1 Å². The lowest BCUT2D eigenvalue weighted by atomic mass is 10.0. The third kappa shape index (κ3) is 6.60. The van der Waals surface area contributed by atoms with Gasteiger partial charge in [0, 0.05) is 53.6 Å². The summed E-state index contributed by atoms with van der Waals surface area (Å²) >= 11 is 12.9. The second kappa shape index (κ2) is 12.8. The third-order valence-electron chi connectivity index (χ3n) is 7.13. The van der Waals surface area contributed by atoms with Crippen molar-refractivity contribution < 1.29 is 9.53 Å². The van der Waals surface area contributed by atoms with E-state index < -0.39 is 6.10 Å². The van der Waals surface area contributed by atoms with Crippen LogP contribution in [0.2, 0.25) is 10.0 Å². The first kappa shape index (κ1) is 28.2. The number of carbonyl (C=O) groups is 1. The van der Waals surface area contributed by atoms with Gasteiger partial charge in [-0.2, -0.15) is 5.10 Å². The van der Waals surface area contributed by atoms with Crippen LogP contribution in [0.1, 0.15) is 68.7 Å². The number of piperidine rings is 1. The maximum Gasteiger partial charge on any atom is 0.222 e. The summed E-state index contributed by atoms with van der Waals surface area (Å²) in [6, 6.07) is 5.80. The van der Waals surface area contributed by atoms with Gasteiger partial charge in [0.15, 0.2) is 11.6 Å². The summed E-state index contributed by atoms with van der Waals surface area (Å²) in [6.07, 6.45) is 10.4.